The molecule has 5 aromatic rings. The molecule has 5 rings (SSSR count). The highest BCUT2D eigenvalue weighted by Crippen LogP contribution is 2.27. The molecule has 4 aromatic heterocycles. The van der Waals surface area contributed by atoms with Crippen molar-refractivity contribution in [3.63, 3.8) is 0 Å². The van der Waals surface area contributed by atoms with Crippen molar-refractivity contribution in [3.05, 3.63) is 82.6 Å². The molecule has 0 fully saturated rings. The number of aryl methyl sites for hydroxylation is 2. The highest BCUT2D eigenvalue weighted by Gasteiger charge is 2.15. The maximum atomic E-state index is 13.3. The maximum absolute atomic E-state index is 13.3. The van der Waals surface area contributed by atoms with E-state index in [0.29, 0.717) is 23.4 Å². The van der Waals surface area contributed by atoms with Crippen LogP contribution in [0.5, 0.6) is 0 Å². The molecule has 0 aliphatic heterocycles. The average molecular weight is 467 g/mol. The molecule has 0 saturated heterocycles. The highest BCUT2D eigenvalue weighted by atomic mass is 16.5. The number of rotatable bonds is 3. The van der Waals surface area contributed by atoms with Gasteiger partial charge in [-0.15, -0.1) is 0 Å². The number of hydrogen-bond donors (Lipinski definition) is 2. The summed E-state index contributed by atoms with van der Waals surface area (Å²) in [5.41, 5.74) is 13.1. The molecule has 35 heavy (non-hydrogen) atoms. The second kappa shape index (κ2) is 9.80. The van der Waals surface area contributed by atoms with Crippen molar-refractivity contribution in [2.24, 2.45) is 0 Å². The van der Waals surface area contributed by atoms with Gasteiger partial charge < -0.3 is 16.0 Å². The first kappa shape index (κ1) is 23.1. The normalized spacial score (nSPS) is 10.4. The van der Waals surface area contributed by atoms with E-state index in [1.807, 2.05) is 44.2 Å². The Balaban J connectivity index is 0.000000243. The number of fused-ring (bicyclic) bond motifs is 1. The van der Waals surface area contributed by atoms with Gasteiger partial charge in [0.15, 0.2) is 5.82 Å². The third-order valence-corrected chi connectivity index (χ3v) is 5.19. The molecule has 0 atom stereocenters. The van der Waals surface area contributed by atoms with Crippen molar-refractivity contribution in [2.75, 3.05) is 11.5 Å². The van der Waals surface area contributed by atoms with Crippen LogP contribution in [0.15, 0.2) is 64.5 Å². The number of benzene rings is 1. The van der Waals surface area contributed by atoms with Crippen LogP contribution in [0.4, 0.5) is 11.8 Å². The molecule has 174 valence electrons. The second-order valence-electron chi connectivity index (χ2n) is 7.42. The summed E-state index contributed by atoms with van der Waals surface area (Å²) in [5.74, 6) is 1.38. The van der Waals surface area contributed by atoms with Gasteiger partial charge in [-0.2, -0.15) is 10.2 Å². The molecule has 11 nitrogen and oxygen atoms in total. The molecule has 0 bridgehead atoms. The molecule has 1 aromatic carbocycles. The van der Waals surface area contributed by atoms with E-state index < -0.39 is 0 Å². The van der Waals surface area contributed by atoms with Crippen LogP contribution in [0.25, 0.3) is 27.7 Å². The lowest BCUT2D eigenvalue weighted by Crippen LogP contribution is -2.22. The first-order chi connectivity index (χ1) is 16.9. The number of nitriles is 1. The Kier molecular flexibility index (Phi) is 6.46. The van der Waals surface area contributed by atoms with Crippen molar-refractivity contribution < 1.29 is 4.52 Å². The van der Waals surface area contributed by atoms with Crippen molar-refractivity contribution in [1.29, 1.82) is 5.26 Å². The van der Waals surface area contributed by atoms with Crippen LogP contribution in [0.2, 0.25) is 0 Å². The summed E-state index contributed by atoms with van der Waals surface area (Å²) >= 11 is 0. The molecule has 0 radical (unpaired) electrons. The zero-order valence-corrected chi connectivity index (χ0v) is 19.0. The Labute approximate surface area is 199 Å². The SMILES string of the molecule is CCc1cc2cccc(-c3cnc(C)nc3)c2c(=O)n1-c1ccon1.N#Cc1cnc(N)nc1N. The zero-order chi connectivity index (χ0) is 24.9. The van der Waals surface area contributed by atoms with Gasteiger partial charge in [0.25, 0.3) is 5.56 Å². The summed E-state index contributed by atoms with van der Waals surface area (Å²) in [6.45, 7) is 3.84. The van der Waals surface area contributed by atoms with E-state index in [1.54, 1.807) is 23.0 Å². The number of nitrogens with zero attached hydrogens (tertiary/aromatic N) is 7. The minimum Gasteiger partial charge on any atom is -0.382 e. The number of nitrogens with two attached hydrogens (primary N) is 2. The van der Waals surface area contributed by atoms with Gasteiger partial charge in [-0.1, -0.05) is 30.3 Å². The lowest BCUT2D eigenvalue weighted by molar-refractivity contribution is 0.416. The van der Waals surface area contributed by atoms with Gasteiger partial charge in [-0.3, -0.25) is 9.36 Å². The summed E-state index contributed by atoms with van der Waals surface area (Å²) in [6.07, 6.45) is 6.94. The van der Waals surface area contributed by atoms with Gasteiger partial charge in [0.2, 0.25) is 5.95 Å². The van der Waals surface area contributed by atoms with E-state index in [0.717, 1.165) is 22.2 Å². The lowest BCUT2D eigenvalue weighted by Gasteiger charge is -2.13. The largest absolute Gasteiger partial charge is 0.382 e. The number of aromatic nitrogens is 6. The van der Waals surface area contributed by atoms with Crippen LogP contribution in [-0.4, -0.2) is 29.7 Å². The number of hydrogen-bond acceptors (Lipinski definition) is 10. The minimum absolute atomic E-state index is 0.0801. The van der Waals surface area contributed by atoms with E-state index in [-0.39, 0.29) is 22.9 Å². The summed E-state index contributed by atoms with van der Waals surface area (Å²) in [6, 6.07) is 11.3. The van der Waals surface area contributed by atoms with Gasteiger partial charge in [0, 0.05) is 29.7 Å². The van der Waals surface area contributed by atoms with Gasteiger partial charge in [0.05, 0.1) is 11.6 Å². The first-order valence-corrected chi connectivity index (χ1v) is 10.6. The molecule has 0 aliphatic rings. The predicted octanol–water partition coefficient (Wildman–Crippen LogP) is 2.82. The molecule has 0 aliphatic carbocycles. The van der Waals surface area contributed by atoms with Gasteiger partial charge in [-0.05, 0) is 30.4 Å². The first-order valence-electron chi connectivity index (χ1n) is 10.6. The summed E-state index contributed by atoms with van der Waals surface area (Å²) in [5, 5.41) is 13.8. The fourth-order valence-electron chi connectivity index (χ4n) is 3.52. The van der Waals surface area contributed by atoms with Crippen LogP contribution in [-0.2, 0) is 6.42 Å². The van der Waals surface area contributed by atoms with Crippen LogP contribution in [0, 0.1) is 18.3 Å². The Bertz CT molecular complexity index is 1590. The fourth-order valence-corrected chi connectivity index (χ4v) is 3.52. The van der Waals surface area contributed by atoms with E-state index in [9.17, 15) is 4.79 Å². The summed E-state index contributed by atoms with van der Waals surface area (Å²) < 4.78 is 6.54. The number of anilines is 2. The lowest BCUT2D eigenvalue weighted by atomic mass is 10.0. The van der Waals surface area contributed by atoms with Gasteiger partial charge >= 0.3 is 0 Å². The Morgan fingerprint density at radius 1 is 1.11 bits per heavy atom. The van der Waals surface area contributed by atoms with Gasteiger partial charge in [0.1, 0.15) is 29.5 Å². The van der Waals surface area contributed by atoms with Crippen LogP contribution in [0.3, 0.4) is 0 Å². The van der Waals surface area contributed by atoms with Crippen molar-refractivity contribution >= 4 is 22.5 Å². The van der Waals surface area contributed by atoms with E-state index in [4.69, 9.17) is 21.3 Å². The topological polar surface area (TPSA) is 175 Å². The molecule has 4 N–H and O–H groups in total. The van der Waals surface area contributed by atoms with Crippen LogP contribution in [0.1, 0.15) is 24.0 Å². The molecule has 0 unspecified atom stereocenters. The third kappa shape index (κ3) is 4.67. The molecular formula is C24H21N9O2. The standard InChI is InChI=1S/C19H16N4O2.C5H5N5/c1-3-15-9-13-5-4-6-16(14-10-20-12(2)21-11-14)18(13)19(24)23(15)17-7-8-25-22-17;6-1-3-2-9-5(8)10-4(3)7/h4-11H,3H2,1-2H3;2H,(H4,7,8,9,10). The predicted molar refractivity (Wildman–Crippen MR) is 130 cm³/mol. The van der Waals surface area contributed by atoms with Crippen molar-refractivity contribution in [1.82, 2.24) is 29.7 Å². The Hall–Kier alpha value is -5.11. The third-order valence-electron chi connectivity index (χ3n) is 5.19. The quantitative estimate of drug-likeness (QED) is 0.401. The monoisotopic (exact) mass is 467 g/mol. The number of pyridine rings is 1. The Morgan fingerprint density at radius 2 is 1.89 bits per heavy atom. The molecular weight excluding hydrogens is 446 g/mol. The highest BCUT2D eigenvalue weighted by molar-refractivity contribution is 5.96. The van der Waals surface area contributed by atoms with E-state index in [1.165, 1.54) is 12.5 Å². The summed E-state index contributed by atoms with van der Waals surface area (Å²) in [7, 11) is 0. The smallest absolute Gasteiger partial charge is 0.265 e. The number of nitrogen functional groups attached to an aromatic ring is 2. The average Bonchev–Trinajstić information content (AvgIpc) is 3.39. The van der Waals surface area contributed by atoms with Crippen LogP contribution < -0.4 is 17.0 Å². The fraction of sp³-hybridized carbons (Fsp3) is 0.125. The zero-order valence-electron chi connectivity index (χ0n) is 19.0. The molecule has 4 heterocycles. The Morgan fingerprint density at radius 3 is 2.51 bits per heavy atom. The molecule has 0 spiro atoms. The molecule has 0 amide bonds. The molecule has 11 heteroatoms. The van der Waals surface area contributed by atoms with Crippen molar-refractivity contribution in [2.45, 2.75) is 20.3 Å². The summed E-state index contributed by atoms with van der Waals surface area (Å²) in [4.78, 5) is 29.0. The van der Waals surface area contributed by atoms with Gasteiger partial charge in [-0.25, -0.2) is 15.0 Å². The minimum atomic E-state index is -0.126. The van der Waals surface area contributed by atoms with E-state index >= 15 is 0 Å². The van der Waals surface area contributed by atoms with Crippen LogP contribution >= 0.6 is 0 Å². The van der Waals surface area contributed by atoms with Crippen molar-refractivity contribution in [3.8, 4) is 23.0 Å². The van der Waals surface area contributed by atoms with E-state index in [2.05, 4.69) is 25.1 Å². The molecule has 0 saturated carbocycles. The maximum Gasteiger partial charge on any atom is 0.265 e. The second-order valence-corrected chi connectivity index (χ2v) is 7.42.